The van der Waals surface area contributed by atoms with E-state index in [1.54, 1.807) is 6.07 Å². The lowest BCUT2D eigenvalue weighted by molar-refractivity contribution is 0.484. The summed E-state index contributed by atoms with van der Waals surface area (Å²) in [5.41, 5.74) is 4.52. The fourth-order valence-electron chi connectivity index (χ4n) is 3.90. The van der Waals surface area contributed by atoms with Crippen molar-refractivity contribution in [1.29, 1.82) is 0 Å². The van der Waals surface area contributed by atoms with Crippen LogP contribution in [0.4, 0.5) is 0 Å². The van der Waals surface area contributed by atoms with Gasteiger partial charge in [0.25, 0.3) is 0 Å². The highest BCUT2D eigenvalue weighted by Gasteiger charge is 2.30. The van der Waals surface area contributed by atoms with E-state index in [0.29, 0.717) is 4.21 Å². The zero-order chi connectivity index (χ0) is 19.6. The summed E-state index contributed by atoms with van der Waals surface area (Å²) < 4.78 is 26.5. The predicted molar refractivity (Wildman–Crippen MR) is 116 cm³/mol. The van der Waals surface area contributed by atoms with Crippen molar-refractivity contribution < 1.29 is 8.42 Å². The van der Waals surface area contributed by atoms with Crippen LogP contribution in [0, 0.1) is 6.92 Å². The van der Waals surface area contributed by atoms with Crippen LogP contribution in [-0.2, 0) is 16.3 Å². The molecular formula is C23H25NO2S2. The van der Waals surface area contributed by atoms with Crippen molar-refractivity contribution in [2.75, 3.05) is 0 Å². The lowest BCUT2D eigenvalue weighted by atomic mass is 10.0. The molecule has 0 aliphatic heterocycles. The van der Waals surface area contributed by atoms with E-state index in [2.05, 4.69) is 36.2 Å². The van der Waals surface area contributed by atoms with Gasteiger partial charge in [0.05, 0.1) is 5.25 Å². The molecule has 3 nitrogen and oxygen atoms in total. The molecule has 1 fully saturated rings. The molecule has 1 saturated carbocycles. The van der Waals surface area contributed by atoms with Crippen LogP contribution in [0.3, 0.4) is 0 Å². The maximum atomic E-state index is 13.0. The van der Waals surface area contributed by atoms with E-state index in [9.17, 15) is 8.42 Å². The van der Waals surface area contributed by atoms with Crippen molar-refractivity contribution in [1.82, 2.24) is 4.98 Å². The van der Waals surface area contributed by atoms with Gasteiger partial charge in [-0.15, -0.1) is 11.3 Å². The molecule has 146 valence electrons. The largest absolute Gasteiger partial charge is 0.261 e. The summed E-state index contributed by atoms with van der Waals surface area (Å²) in [6.45, 7) is 2.08. The van der Waals surface area contributed by atoms with Crippen molar-refractivity contribution >= 4 is 21.2 Å². The first-order valence-corrected chi connectivity index (χ1v) is 12.2. The minimum Gasteiger partial charge on any atom is -0.261 e. The molecule has 2 aromatic heterocycles. The molecule has 1 aromatic carbocycles. The molecule has 5 heteroatoms. The lowest BCUT2D eigenvalue weighted by Crippen LogP contribution is -2.23. The smallest absolute Gasteiger partial charge is 0.190 e. The fraction of sp³-hybridized carbons (Fsp3) is 0.348. The standard InChI is InChI=1S/C23H25NO2S2/c1-17-7-6-14-24-21(17)16-18-8-5-9-19(15-18)22-12-13-23(27-22)28(25,26)20-10-3-2-4-11-20/h5-9,12-15,20H,2-4,10-11,16H2,1H3. The highest BCUT2D eigenvalue weighted by Crippen LogP contribution is 2.36. The molecule has 4 rings (SSSR count). The zero-order valence-electron chi connectivity index (χ0n) is 16.1. The number of sulfone groups is 1. The van der Waals surface area contributed by atoms with E-state index in [4.69, 9.17) is 0 Å². The third kappa shape index (κ3) is 4.06. The van der Waals surface area contributed by atoms with E-state index in [1.807, 2.05) is 24.4 Å². The summed E-state index contributed by atoms with van der Waals surface area (Å²) in [5, 5.41) is -0.203. The third-order valence-corrected chi connectivity index (χ3v) is 9.48. The van der Waals surface area contributed by atoms with E-state index >= 15 is 0 Å². The molecule has 0 N–H and O–H groups in total. The summed E-state index contributed by atoms with van der Waals surface area (Å²) in [7, 11) is -3.20. The van der Waals surface area contributed by atoms with Gasteiger partial charge in [0, 0.05) is 23.2 Å². The fourth-order valence-corrected chi connectivity index (χ4v) is 7.32. The molecule has 28 heavy (non-hydrogen) atoms. The first-order valence-electron chi connectivity index (χ1n) is 9.87. The summed E-state index contributed by atoms with van der Waals surface area (Å²) >= 11 is 1.40. The molecule has 0 atom stereocenters. The number of hydrogen-bond donors (Lipinski definition) is 0. The molecule has 0 spiro atoms. The first kappa shape index (κ1) is 19.3. The van der Waals surface area contributed by atoms with Gasteiger partial charge in [0.15, 0.2) is 9.84 Å². The van der Waals surface area contributed by atoms with Crippen molar-refractivity contribution in [3.8, 4) is 10.4 Å². The van der Waals surface area contributed by atoms with E-state index in [-0.39, 0.29) is 5.25 Å². The van der Waals surface area contributed by atoms with Crippen molar-refractivity contribution in [3.63, 3.8) is 0 Å². The second-order valence-corrected chi connectivity index (χ2v) is 11.1. The number of hydrogen-bond acceptors (Lipinski definition) is 4. The number of nitrogens with zero attached hydrogens (tertiary/aromatic N) is 1. The molecule has 0 saturated heterocycles. The molecule has 3 aromatic rings. The Kier molecular flexibility index (Phi) is 5.65. The maximum absolute atomic E-state index is 13.0. The zero-order valence-corrected chi connectivity index (χ0v) is 17.7. The number of aryl methyl sites for hydroxylation is 1. The van der Waals surface area contributed by atoms with Crippen LogP contribution in [0.25, 0.3) is 10.4 Å². The molecule has 1 aliphatic carbocycles. The first-order chi connectivity index (χ1) is 13.5. The van der Waals surface area contributed by atoms with Crippen LogP contribution < -0.4 is 0 Å². The predicted octanol–water partition coefficient (Wildman–Crippen LogP) is 5.82. The van der Waals surface area contributed by atoms with Gasteiger partial charge >= 0.3 is 0 Å². The number of thiophene rings is 1. The van der Waals surface area contributed by atoms with E-state index < -0.39 is 9.84 Å². The monoisotopic (exact) mass is 411 g/mol. The van der Waals surface area contributed by atoms with Crippen LogP contribution >= 0.6 is 11.3 Å². The topological polar surface area (TPSA) is 47.0 Å². The van der Waals surface area contributed by atoms with Crippen molar-refractivity contribution in [3.05, 3.63) is 71.5 Å². The van der Waals surface area contributed by atoms with Gasteiger partial charge in [-0.05, 0) is 60.7 Å². The molecule has 2 heterocycles. The van der Waals surface area contributed by atoms with Gasteiger partial charge in [-0.3, -0.25) is 4.98 Å². The lowest BCUT2D eigenvalue weighted by Gasteiger charge is -2.20. The van der Waals surface area contributed by atoms with Gasteiger partial charge in [-0.1, -0.05) is 43.5 Å². The average Bonchev–Trinajstić information content (AvgIpc) is 3.22. The van der Waals surface area contributed by atoms with E-state index in [0.717, 1.165) is 54.7 Å². The second-order valence-electron chi connectivity index (χ2n) is 7.57. The van der Waals surface area contributed by atoms with Crippen LogP contribution in [0.15, 0.2) is 58.9 Å². The SMILES string of the molecule is Cc1cccnc1Cc1cccc(-c2ccc(S(=O)(=O)C3CCCCC3)s2)c1. The summed E-state index contributed by atoms with van der Waals surface area (Å²) in [5.74, 6) is 0. The Hall–Kier alpha value is -1.98. The van der Waals surface area contributed by atoms with Gasteiger partial charge in [0.1, 0.15) is 4.21 Å². The van der Waals surface area contributed by atoms with E-state index in [1.165, 1.54) is 22.5 Å². The number of aromatic nitrogens is 1. The normalized spacial score (nSPS) is 15.6. The highest BCUT2D eigenvalue weighted by atomic mass is 32.2. The summed E-state index contributed by atoms with van der Waals surface area (Å²) in [6, 6.07) is 16.1. The van der Waals surface area contributed by atoms with Crippen molar-refractivity contribution in [2.45, 2.75) is 54.9 Å². The Morgan fingerprint density at radius 2 is 1.86 bits per heavy atom. The van der Waals surface area contributed by atoms with Crippen LogP contribution in [0.2, 0.25) is 0 Å². The average molecular weight is 412 g/mol. The highest BCUT2D eigenvalue weighted by molar-refractivity contribution is 7.94. The van der Waals surface area contributed by atoms with Crippen LogP contribution in [-0.4, -0.2) is 18.7 Å². The maximum Gasteiger partial charge on any atom is 0.190 e. The Bertz CT molecular complexity index is 1060. The van der Waals surface area contributed by atoms with Gasteiger partial charge in [-0.25, -0.2) is 8.42 Å². The summed E-state index contributed by atoms with van der Waals surface area (Å²) in [4.78, 5) is 5.50. The Balaban J connectivity index is 1.58. The number of benzene rings is 1. The third-order valence-electron chi connectivity index (χ3n) is 5.55. The molecule has 0 radical (unpaired) electrons. The molecule has 1 aliphatic rings. The van der Waals surface area contributed by atoms with Gasteiger partial charge in [0.2, 0.25) is 0 Å². The minimum atomic E-state index is -3.20. The molecule has 0 unspecified atom stereocenters. The van der Waals surface area contributed by atoms with Gasteiger partial charge < -0.3 is 0 Å². The summed E-state index contributed by atoms with van der Waals surface area (Å²) in [6.07, 6.45) is 7.41. The Morgan fingerprint density at radius 3 is 2.64 bits per heavy atom. The Morgan fingerprint density at radius 1 is 1.04 bits per heavy atom. The molecule has 0 bridgehead atoms. The molecule has 0 amide bonds. The number of pyridine rings is 1. The van der Waals surface area contributed by atoms with Gasteiger partial charge in [-0.2, -0.15) is 0 Å². The Labute approximate surface area is 171 Å². The number of rotatable bonds is 5. The second kappa shape index (κ2) is 8.18. The molecular weight excluding hydrogens is 386 g/mol. The van der Waals surface area contributed by atoms with Crippen molar-refractivity contribution in [2.24, 2.45) is 0 Å². The minimum absolute atomic E-state index is 0.203. The van der Waals surface area contributed by atoms with Crippen LogP contribution in [0.1, 0.15) is 48.9 Å². The quantitative estimate of drug-likeness (QED) is 0.532. The van der Waals surface area contributed by atoms with Crippen LogP contribution in [0.5, 0.6) is 0 Å².